The summed E-state index contributed by atoms with van der Waals surface area (Å²) in [5, 5.41) is 7.05. The molecule has 146 valence electrons. The molecule has 1 amide bonds. The molecular formula is C22H26N4O2. The van der Waals surface area contributed by atoms with Crippen LogP contribution in [-0.4, -0.2) is 35.6 Å². The molecule has 3 rings (SSSR count). The number of carbonyl (C=O) groups is 1. The van der Waals surface area contributed by atoms with Crippen molar-refractivity contribution in [3.8, 4) is 0 Å². The number of fused-ring (bicyclic) bond motifs is 1. The van der Waals surface area contributed by atoms with Crippen LogP contribution in [0.25, 0.3) is 10.9 Å². The fourth-order valence-electron chi connectivity index (χ4n) is 2.83. The molecule has 0 aliphatic rings. The largest absolute Gasteiger partial charge is 0.382 e. The lowest BCUT2D eigenvalue weighted by Gasteiger charge is -2.11. The molecule has 1 aromatic heterocycles. The average Bonchev–Trinajstić information content (AvgIpc) is 2.74. The predicted octanol–water partition coefficient (Wildman–Crippen LogP) is 4.09. The first kappa shape index (κ1) is 19.8. The second kappa shape index (κ2) is 9.80. The summed E-state index contributed by atoms with van der Waals surface area (Å²) in [4.78, 5) is 21.4. The first-order valence-corrected chi connectivity index (χ1v) is 9.70. The summed E-state index contributed by atoms with van der Waals surface area (Å²) in [5.41, 5.74) is 2.92. The van der Waals surface area contributed by atoms with Crippen molar-refractivity contribution in [3.05, 3.63) is 59.9 Å². The van der Waals surface area contributed by atoms with Gasteiger partial charge in [-0.05, 0) is 49.6 Å². The van der Waals surface area contributed by atoms with Gasteiger partial charge in [-0.25, -0.2) is 9.97 Å². The van der Waals surface area contributed by atoms with Crippen LogP contribution in [0.4, 0.5) is 11.5 Å². The summed E-state index contributed by atoms with van der Waals surface area (Å²) in [6.45, 7) is 5.90. The number of nitrogens with one attached hydrogen (secondary N) is 2. The van der Waals surface area contributed by atoms with Crippen molar-refractivity contribution < 1.29 is 9.53 Å². The van der Waals surface area contributed by atoms with Gasteiger partial charge in [0.25, 0.3) is 5.91 Å². The summed E-state index contributed by atoms with van der Waals surface area (Å²) in [5.74, 6) is 0.490. The summed E-state index contributed by atoms with van der Waals surface area (Å²) in [6.07, 6.45) is 1.74. The highest BCUT2D eigenvalue weighted by Gasteiger charge is 2.14. The molecule has 0 radical (unpaired) electrons. The number of anilines is 2. The van der Waals surface area contributed by atoms with Crippen molar-refractivity contribution >= 4 is 28.3 Å². The van der Waals surface area contributed by atoms with Crippen molar-refractivity contribution in [2.24, 2.45) is 0 Å². The first-order valence-electron chi connectivity index (χ1n) is 9.70. The number of carbonyl (C=O) groups excluding carboxylic acids is 1. The Morgan fingerprint density at radius 2 is 1.82 bits per heavy atom. The van der Waals surface area contributed by atoms with E-state index in [2.05, 4.69) is 39.7 Å². The van der Waals surface area contributed by atoms with Gasteiger partial charge < -0.3 is 15.4 Å². The lowest BCUT2D eigenvalue weighted by atomic mass is 10.1. The van der Waals surface area contributed by atoms with Crippen LogP contribution >= 0.6 is 0 Å². The normalized spacial score (nSPS) is 10.8. The second-order valence-electron chi connectivity index (χ2n) is 6.39. The van der Waals surface area contributed by atoms with E-state index in [0.717, 1.165) is 29.4 Å². The highest BCUT2D eigenvalue weighted by atomic mass is 16.5. The van der Waals surface area contributed by atoms with E-state index in [4.69, 9.17) is 4.74 Å². The zero-order chi connectivity index (χ0) is 19.8. The van der Waals surface area contributed by atoms with Gasteiger partial charge in [0.15, 0.2) is 0 Å². The maximum atomic E-state index is 12.5. The molecule has 2 N–H and O–H groups in total. The Labute approximate surface area is 165 Å². The second-order valence-corrected chi connectivity index (χ2v) is 6.39. The maximum Gasteiger partial charge on any atom is 0.289 e. The Kier molecular flexibility index (Phi) is 6.92. The molecule has 0 unspecified atom stereocenters. The Balaban J connectivity index is 1.81. The number of aryl methyl sites for hydroxylation is 1. The Morgan fingerprint density at radius 1 is 1.04 bits per heavy atom. The molecule has 0 saturated heterocycles. The summed E-state index contributed by atoms with van der Waals surface area (Å²) in [7, 11) is 0. The highest BCUT2D eigenvalue weighted by molar-refractivity contribution is 5.97. The van der Waals surface area contributed by atoms with Gasteiger partial charge >= 0.3 is 0 Å². The lowest BCUT2D eigenvalue weighted by Crippen LogP contribution is -2.27. The summed E-state index contributed by atoms with van der Waals surface area (Å²) < 4.78 is 5.29. The quantitative estimate of drug-likeness (QED) is 0.549. The van der Waals surface area contributed by atoms with E-state index in [1.165, 1.54) is 5.56 Å². The molecule has 0 saturated carbocycles. The van der Waals surface area contributed by atoms with E-state index < -0.39 is 0 Å². The summed E-state index contributed by atoms with van der Waals surface area (Å²) >= 11 is 0. The number of amides is 1. The van der Waals surface area contributed by atoms with E-state index in [0.29, 0.717) is 25.6 Å². The summed E-state index contributed by atoms with van der Waals surface area (Å²) in [6, 6.07) is 15.9. The minimum Gasteiger partial charge on any atom is -0.382 e. The molecule has 0 bridgehead atoms. The third-order valence-corrected chi connectivity index (χ3v) is 4.39. The van der Waals surface area contributed by atoms with Gasteiger partial charge in [-0.3, -0.25) is 4.79 Å². The van der Waals surface area contributed by atoms with Gasteiger partial charge in [-0.1, -0.05) is 31.2 Å². The molecule has 6 nitrogen and oxygen atoms in total. The third-order valence-electron chi connectivity index (χ3n) is 4.39. The van der Waals surface area contributed by atoms with E-state index in [-0.39, 0.29) is 11.7 Å². The number of aromatic nitrogens is 2. The van der Waals surface area contributed by atoms with Crippen molar-refractivity contribution in [3.63, 3.8) is 0 Å². The fourth-order valence-corrected chi connectivity index (χ4v) is 2.83. The van der Waals surface area contributed by atoms with Gasteiger partial charge in [0, 0.05) is 30.8 Å². The monoisotopic (exact) mass is 378 g/mol. The first-order chi connectivity index (χ1) is 13.7. The molecule has 2 aromatic carbocycles. The predicted molar refractivity (Wildman–Crippen MR) is 112 cm³/mol. The SMILES string of the molecule is CCOCCCNC(=O)c1nc(Nc2ccc(CC)cc2)c2ccccc2n1. The lowest BCUT2D eigenvalue weighted by molar-refractivity contribution is 0.0934. The highest BCUT2D eigenvalue weighted by Crippen LogP contribution is 2.24. The molecule has 0 aliphatic carbocycles. The molecule has 28 heavy (non-hydrogen) atoms. The average molecular weight is 378 g/mol. The van der Waals surface area contributed by atoms with Gasteiger partial charge in [0.05, 0.1) is 5.52 Å². The zero-order valence-electron chi connectivity index (χ0n) is 16.4. The Hall–Kier alpha value is -2.99. The van der Waals surface area contributed by atoms with E-state index in [1.54, 1.807) is 0 Å². The number of hydrogen-bond acceptors (Lipinski definition) is 5. The number of para-hydroxylation sites is 1. The number of ether oxygens (including phenoxy) is 1. The molecule has 0 aliphatic heterocycles. The van der Waals surface area contributed by atoms with Crippen molar-refractivity contribution in [1.82, 2.24) is 15.3 Å². The number of benzene rings is 2. The number of nitrogens with zero attached hydrogens (tertiary/aromatic N) is 2. The Bertz CT molecular complexity index is 925. The van der Waals surface area contributed by atoms with Gasteiger partial charge in [0.1, 0.15) is 5.82 Å². The maximum absolute atomic E-state index is 12.5. The van der Waals surface area contributed by atoms with E-state index in [1.807, 2.05) is 43.3 Å². The van der Waals surface area contributed by atoms with Crippen LogP contribution in [0.5, 0.6) is 0 Å². The minimum absolute atomic E-state index is 0.155. The smallest absolute Gasteiger partial charge is 0.289 e. The van der Waals surface area contributed by atoms with Crippen molar-refractivity contribution in [2.45, 2.75) is 26.7 Å². The van der Waals surface area contributed by atoms with Crippen LogP contribution < -0.4 is 10.6 Å². The van der Waals surface area contributed by atoms with Crippen LogP contribution in [0, 0.1) is 0 Å². The van der Waals surface area contributed by atoms with Gasteiger partial charge in [-0.2, -0.15) is 0 Å². The van der Waals surface area contributed by atoms with Crippen molar-refractivity contribution in [2.75, 3.05) is 25.1 Å². The zero-order valence-corrected chi connectivity index (χ0v) is 16.4. The third kappa shape index (κ3) is 5.04. The van der Waals surface area contributed by atoms with E-state index in [9.17, 15) is 4.79 Å². The topological polar surface area (TPSA) is 76.1 Å². The van der Waals surface area contributed by atoms with Crippen LogP contribution in [0.3, 0.4) is 0 Å². The minimum atomic E-state index is -0.286. The molecule has 0 atom stereocenters. The van der Waals surface area contributed by atoms with Crippen LogP contribution in [0.15, 0.2) is 48.5 Å². The van der Waals surface area contributed by atoms with Gasteiger partial charge in [-0.15, -0.1) is 0 Å². The molecule has 0 fully saturated rings. The fraction of sp³-hybridized carbons (Fsp3) is 0.318. The molecule has 3 aromatic rings. The van der Waals surface area contributed by atoms with Crippen LogP contribution in [-0.2, 0) is 11.2 Å². The molecule has 6 heteroatoms. The Morgan fingerprint density at radius 3 is 2.57 bits per heavy atom. The molecular weight excluding hydrogens is 352 g/mol. The number of hydrogen-bond donors (Lipinski definition) is 2. The molecule has 0 spiro atoms. The van der Waals surface area contributed by atoms with Crippen LogP contribution in [0.1, 0.15) is 36.5 Å². The number of rotatable bonds is 9. The van der Waals surface area contributed by atoms with Crippen molar-refractivity contribution in [1.29, 1.82) is 0 Å². The standard InChI is InChI=1S/C22H26N4O2/c1-3-16-10-12-17(13-11-16)24-20-18-8-5-6-9-19(18)25-21(26-20)22(27)23-14-7-15-28-4-2/h5-6,8-13H,3-4,7,14-15H2,1-2H3,(H,23,27)(H,24,25,26). The van der Waals surface area contributed by atoms with Crippen LogP contribution in [0.2, 0.25) is 0 Å². The van der Waals surface area contributed by atoms with E-state index >= 15 is 0 Å². The van der Waals surface area contributed by atoms with Gasteiger partial charge in [0.2, 0.25) is 5.82 Å². The molecule has 1 heterocycles.